The van der Waals surface area contributed by atoms with Crippen LogP contribution in [0.2, 0.25) is 5.02 Å². The molecule has 1 saturated carbocycles. The number of nitrogens with zero attached hydrogens (tertiary/aromatic N) is 2. The molecular formula is C14H14ClN3S. The maximum absolute atomic E-state index is 5.85. The van der Waals surface area contributed by atoms with Crippen molar-refractivity contribution in [1.29, 1.82) is 0 Å². The van der Waals surface area contributed by atoms with E-state index >= 15 is 0 Å². The molecule has 0 saturated heterocycles. The van der Waals surface area contributed by atoms with Crippen LogP contribution < -0.4 is 0 Å². The minimum Gasteiger partial charge on any atom is -0.342 e. The molecule has 0 aliphatic heterocycles. The summed E-state index contributed by atoms with van der Waals surface area (Å²) < 4.78 is 0.618. The summed E-state index contributed by atoms with van der Waals surface area (Å²) in [5.41, 5.74) is 1.96. The van der Waals surface area contributed by atoms with Crippen LogP contribution in [0.3, 0.4) is 0 Å². The summed E-state index contributed by atoms with van der Waals surface area (Å²) in [7, 11) is 0. The molecule has 0 unspecified atom stereocenters. The SMILES string of the molecule is S=c1cc(C2CCCC2)[nH]c(-c2ccc(Cl)cn2)n1. The van der Waals surface area contributed by atoms with Crippen molar-refractivity contribution >= 4 is 23.8 Å². The Morgan fingerprint density at radius 1 is 1.26 bits per heavy atom. The number of rotatable bonds is 2. The van der Waals surface area contributed by atoms with Crippen LogP contribution in [0.25, 0.3) is 11.5 Å². The summed E-state index contributed by atoms with van der Waals surface area (Å²) in [4.78, 5) is 12.0. The van der Waals surface area contributed by atoms with E-state index in [-0.39, 0.29) is 0 Å². The molecule has 19 heavy (non-hydrogen) atoms. The molecule has 0 radical (unpaired) electrons. The van der Waals surface area contributed by atoms with Crippen molar-refractivity contribution in [2.24, 2.45) is 0 Å². The first kappa shape index (κ1) is 12.8. The van der Waals surface area contributed by atoms with Crippen molar-refractivity contribution < 1.29 is 0 Å². The molecule has 0 spiro atoms. The Morgan fingerprint density at radius 2 is 2.05 bits per heavy atom. The Kier molecular flexibility index (Phi) is 3.62. The van der Waals surface area contributed by atoms with E-state index in [0.29, 0.717) is 15.6 Å². The first-order valence-electron chi connectivity index (χ1n) is 6.45. The number of halogens is 1. The van der Waals surface area contributed by atoms with Gasteiger partial charge in [0.15, 0.2) is 5.82 Å². The van der Waals surface area contributed by atoms with E-state index < -0.39 is 0 Å². The average Bonchev–Trinajstić information content (AvgIpc) is 2.93. The number of hydrogen-bond acceptors (Lipinski definition) is 3. The van der Waals surface area contributed by atoms with Gasteiger partial charge in [-0.3, -0.25) is 4.98 Å². The third-order valence-electron chi connectivity index (χ3n) is 3.53. The molecule has 3 rings (SSSR count). The number of hydrogen-bond donors (Lipinski definition) is 1. The van der Waals surface area contributed by atoms with Crippen LogP contribution in [0.4, 0.5) is 0 Å². The highest BCUT2D eigenvalue weighted by Crippen LogP contribution is 2.33. The van der Waals surface area contributed by atoms with Crippen molar-refractivity contribution in [3.05, 3.63) is 39.8 Å². The standard InChI is InChI=1S/C14H14ClN3S/c15-10-5-6-11(16-8-10)14-17-12(7-13(19)18-14)9-3-1-2-4-9/h5-9H,1-4H2,(H,17,18,19). The predicted octanol–water partition coefficient (Wildman–Crippen LogP) is 4.51. The van der Waals surface area contributed by atoms with Gasteiger partial charge >= 0.3 is 0 Å². The monoisotopic (exact) mass is 291 g/mol. The second kappa shape index (κ2) is 5.39. The van der Waals surface area contributed by atoms with Gasteiger partial charge < -0.3 is 4.98 Å². The zero-order valence-electron chi connectivity index (χ0n) is 10.4. The van der Waals surface area contributed by atoms with Gasteiger partial charge in [-0.05, 0) is 37.0 Å². The van der Waals surface area contributed by atoms with E-state index in [1.807, 2.05) is 18.2 Å². The molecule has 3 nitrogen and oxygen atoms in total. The van der Waals surface area contributed by atoms with Crippen molar-refractivity contribution in [3.8, 4) is 11.5 Å². The number of H-pyrrole nitrogens is 1. The van der Waals surface area contributed by atoms with Crippen LogP contribution in [0.5, 0.6) is 0 Å². The maximum atomic E-state index is 5.85. The summed E-state index contributed by atoms with van der Waals surface area (Å²) in [5.74, 6) is 1.31. The quantitative estimate of drug-likeness (QED) is 0.828. The van der Waals surface area contributed by atoms with E-state index in [1.165, 1.54) is 31.4 Å². The zero-order chi connectivity index (χ0) is 13.2. The normalized spacial score (nSPS) is 15.8. The van der Waals surface area contributed by atoms with E-state index in [4.69, 9.17) is 23.8 Å². The third kappa shape index (κ3) is 2.85. The van der Waals surface area contributed by atoms with E-state index in [2.05, 4.69) is 15.0 Å². The summed E-state index contributed by atoms with van der Waals surface area (Å²) in [6.07, 6.45) is 6.66. The number of aromatic amines is 1. The van der Waals surface area contributed by atoms with Crippen molar-refractivity contribution in [1.82, 2.24) is 15.0 Å². The Labute approximate surface area is 122 Å². The lowest BCUT2D eigenvalue weighted by molar-refractivity contribution is 0.694. The van der Waals surface area contributed by atoms with Gasteiger partial charge in [-0.2, -0.15) is 0 Å². The lowest BCUT2D eigenvalue weighted by Crippen LogP contribution is -2.01. The molecule has 0 atom stereocenters. The van der Waals surface area contributed by atoms with Crippen LogP contribution in [0.1, 0.15) is 37.3 Å². The van der Waals surface area contributed by atoms with Crippen LogP contribution >= 0.6 is 23.8 Å². The average molecular weight is 292 g/mol. The van der Waals surface area contributed by atoms with Crippen molar-refractivity contribution in [2.75, 3.05) is 0 Å². The molecule has 1 aliphatic carbocycles. The number of nitrogens with one attached hydrogen (secondary N) is 1. The fourth-order valence-electron chi connectivity index (χ4n) is 2.57. The van der Waals surface area contributed by atoms with Gasteiger partial charge in [0.05, 0.1) is 5.02 Å². The van der Waals surface area contributed by atoms with Crippen molar-refractivity contribution in [3.63, 3.8) is 0 Å². The van der Waals surface area contributed by atoms with Crippen LogP contribution in [-0.2, 0) is 0 Å². The first-order valence-corrected chi connectivity index (χ1v) is 7.24. The van der Waals surface area contributed by atoms with E-state index in [9.17, 15) is 0 Å². The lowest BCUT2D eigenvalue weighted by atomic mass is 10.0. The molecule has 5 heteroatoms. The van der Waals surface area contributed by atoms with Gasteiger partial charge in [-0.1, -0.05) is 36.7 Å². The number of aromatic nitrogens is 3. The maximum Gasteiger partial charge on any atom is 0.157 e. The summed E-state index contributed by atoms with van der Waals surface area (Å²) >= 11 is 11.1. The minimum absolute atomic E-state index is 0.579. The largest absolute Gasteiger partial charge is 0.342 e. The fraction of sp³-hybridized carbons (Fsp3) is 0.357. The summed E-state index contributed by atoms with van der Waals surface area (Å²) in [6.45, 7) is 0. The lowest BCUT2D eigenvalue weighted by Gasteiger charge is -2.11. The van der Waals surface area contributed by atoms with E-state index in [1.54, 1.807) is 6.20 Å². The molecule has 0 aromatic carbocycles. The molecule has 1 N–H and O–H groups in total. The second-order valence-electron chi connectivity index (χ2n) is 4.87. The summed E-state index contributed by atoms with van der Waals surface area (Å²) in [6, 6.07) is 5.64. The van der Waals surface area contributed by atoms with Gasteiger partial charge in [0.2, 0.25) is 0 Å². The molecule has 2 aromatic rings. The highest BCUT2D eigenvalue weighted by Gasteiger charge is 2.18. The zero-order valence-corrected chi connectivity index (χ0v) is 12.0. The van der Waals surface area contributed by atoms with Gasteiger partial charge in [-0.25, -0.2) is 4.98 Å². The molecule has 2 aromatic heterocycles. The Hall–Kier alpha value is -1.26. The summed E-state index contributed by atoms with van der Waals surface area (Å²) in [5, 5.41) is 0.620. The van der Waals surface area contributed by atoms with Crippen LogP contribution in [-0.4, -0.2) is 15.0 Å². The molecule has 0 amide bonds. The first-order chi connectivity index (χ1) is 9.22. The highest BCUT2D eigenvalue weighted by molar-refractivity contribution is 7.71. The molecule has 1 aliphatic rings. The predicted molar refractivity (Wildman–Crippen MR) is 78.9 cm³/mol. The number of pyridine rings is 1. The second-order valence-corrected chi connectivity index (χ2v) is 5.72. The van der Waals surface area contributed by atoms with Gasteiger partial charge in [0.1, 0.15) is 10.3 Å². The van der Waals surface area contributed by atoms with Crippen LogP contribution in [0.15, 0.2) is 24.4 Å². The molecule has 0 bridgehead atoms. The van der Waals surface area contributed by atoms with Gasteiger partial charge in [0.25, 0.3) is 0 Å². The Bertz CT molecular complexity index is 630. The topological polar surface area (TPSA) is 41.6 Å². The Balaban J connectivity index is 2.01. The van der Waals surface area contributed by atoms with Gasteiger partial charge in [-0.15, -0.1) is 0 Å². The minimum atomic E-state index is 0.579. The Morgan fingerprint density at radius 3 is 2.74 bits per heavy atom. The highest BCUT2D eigenvalue weighted by atomic mass is 35.5. The fourth-order valence-corrected chi connectivity index (χ4v) is 2.90. The van der Waals surface area contributed by atoms with E-state index in [0.717, 1.165) is 11.5 Å². The van der Waals surface area contributed by atoms with Gasteiger partial charge in [0, 0.05) is 11.9 Å². The van der Waals surface area contributed by atoms with Crippen molar-refractivity contribution in [2.45, 2.75) is 31.6 Å². The third-order valence-corrected chi connectivity index (χ3v) is 3.96. The molecular weight excluding hydrogens is 278 g/mol. The smallest absolute Gasteiger partial charge is 0.157 e. The molecule has 1 fully saturated rings. The van der Waals surface area contributed by atoms with Crippen LogP contribution in [0, 0.1) is 4.64 Å². The molecule has 98 valence electrons. The molecule has 2 heterocycles.